The molecule has 0 amide bonds. The van der Waals surface area contributed by atoms with E-state index in [1.165, 1.54) is 18.3 Å². The van der Waals surface area contributed by atoms with Crippen LogP contribution in [-0.4, -0.2) is 10.1 Å². The van der Waals surface area contributed by atoms with Crippen LogP contribution in [0.15, 0.2) is 41.1 Å². The number of pyridine rings is 1. The Morgan fingerprint density at radius 1 is 1.22 bits per heavy atom. The third-order valence-corrected chi connectivity index (χ3v) is 3.08. The number of nitrogens with zero attached hydrogens (tertiary/aromatic N) is 1. The number of halogens is 3. The number of aliphatic hydroxyl groups excluding tert-OH is 1. The predicted molar refractivity (Wildman–Crippen MR) is 67.0 cm³/mol. The summed E-state index contributed by atoms with van der Waals surface area (Å²) in [5, 5.41) is 9.90. The van der Waals surface area contributed by atoms with E-state index >= 15 is 0 Å². The molecule has 0 saturated carbocycles. The molecular formula is C13H10BrF2NO. The first-order chi connectivity index (χ1) is 8.58. The molecule has 5 heteroatoms. The number of benzene rings is 1. The molecule has 0 aliphatic carbocycles. The Balaban J connectivity index is 2.21. The summed E-state index contributed by atoms with van der Waals surface area (Å²) >= 11 is 3.15. The molecule has 0 spiro atoms. The smallest absolute Gasteiger partial charge is 0.147 e. The number of hydrogen-bond acceptors (Lipinski definition) is 2. The van der Waals surface area contributed by atoms with Crippen molar-refractivity contribution in [3.8, 4) is 0 Å². The third-order valence-electron chi connectivity index (χ3n) is 2.59. The van der Waals surface area contributed by atoms with Crippen molar-refractivity contribution in [1.29, 1.82) is 0 Å². The Morgan fingerprint density at radius 3 is 2.67 bits per heavy atom. The Hall–Kier alpha value is -1.33. The van der Waals surface area contributed by atoms with Crippen LogP contribution in [-0.2, 0) is 6.42 Å². The molecule has 2 rings (SSSR count). The van der Waals surface area contributed by atoms with Crippen LogP contribution < -0.4 is 0 Å². The molecule has 0 aliphatic rings. The number of rotatable bonds is 3. The van der Waals surface area contributed by atoms with Crippen LogP contribution in [0.3, 0.4) is 0 Å². The lowest BCUT2D eigenvalue weighted by Crippen LogP contribution is -2.06. The molecule has 18 heavy (non-hydrogen) atoms. The molecule has 2 nitrogen and oxygen atoms in total. The number of hydrogen-bond donors (Lipinski definition) is 1. The van der Waals surface area contributed by atoms with Gasteiger partial charge in [0.25, 0.3) is 0 Å². The standard InChI is InChI=1S/C13H10BrF2NO/c14-9-2-1-8(11(15)6-9)5-13(18)10-3-4-17-7-12(10)16/h1-4,6-7,13,18H,5H2. The van der Waals surface area contributed by atoms with Gasteiger partial charge in [0.1, 0.15) is 11.6 Å². The Morgan fingerprint density at radius 2 is 2.00 bits per heavy atom. The second kappa shape index (κ2) is 5.54. The van der Waals surface area contributed by atoms with Gasteiger partial charge in [-0.1, -0.05) is 22.0 Å². The van der Waals surface area contributed by atoms with Gasteiger partial charge in [0, 0.05) is 22.7 Å². The highest BCUT2D eigenvalue weighted by atomic mass is 79.9. The van der Waals surface area contributed by atoms with Gasteiger partial charge >= 0.3 is 0 Å². The summed E-state index contributed by atoms with van der Waals surface area (Å²) in [5.41, 5.74) is 0.453. The molecule has 0 radical (unpaired) electrons. The summed E-state index contributed by atoms with van der Waals surface area (Å²) < 4.78 is 27.6. The maximum atomic E-state index is 13.6. The first kappa shape index (κ1) is 13.1. The van der Waals surface area contributed by atoms with Gasteiger partial charge in [-0.25, -0.2) is 8.78 Å². The lowest BCUT2D eigenvalue weighted by molar-refractivity contribution is 0.172. The number of aromatic nitrogens is 1. The van der Waals surface area contributed by atoms with E-state index in [0.29, 0.717) is 10.0 Å². The van der Waals surface area contributed by atoms with E-state index in [1.54, 1.807) is 12.1 Å². The average molecular weight is 314 g/mol. The molecule has 0 fully saturated rings. The molecule has 1 aromatic heterocycles. The van der Waals surface area contributed by atoms with Crippen LogP contribution >= 0.6 is 15.9 Å². The molecule has 1 unspecified atom stereocenters. The van der Waals surface area contributed by atoms with Crippen molar-refractivity contribution in [3.63, 3.8) is 0 Å². The van der Waals surface area contributed by atoms with E-state index in [9.17, 15) is 13.9 Å². The van der Waals surface area contributed by atoms with Crippen molar-refractivity contribution in [3.05, 3.63) is 63.9 Å². The summed E-state index contributed by atoms with van der Waals surface area (Å²) in [6.07, 6.45) is 1.33. The first-order valence-corrected chi connectivity index (χ1v) is 6.08. The molecular weight excluding hydrogens is 304 g/mol. The summed E-state index contributed by atoms with van der Waals surface area (Å²) in [6.45, 7) is 0. The predicted octanol–water partition coefficient (Wildman–Crippen LogP) is 3.40. The van der Waals surface area contributed by atoms with Gasteiger partial charge in [0.2, 0.25) is 0 Å². The van der Waals surface area contributed by atoms with Crippen LogP contribution in [0.1, 0.15) is 17.2 Å². The van der Waals surface area contributed by atoms with E-state index in [0.717, 1.165) is 6.20 Å². The third kappa shape index (κ3) is 2.91. The molecule has 0 aliphatic heterocycles. The minimum Gasteiger partial charge on any atom is -0.388 e. The largest absolute Gasteiger partial charge is 0.388 e. The van der Waals surface area contributed by atoms with Gasteiger partial charge in [-0.15, -0.1) is 0 Å². The zero-order chi connectivity index (χ0) is 13.1. The maximum Gasteiger partial charge on any atom is 0.147 e. The van der Waals surface area contributed by atoms with Crippen molar-refractivity contribution >= 4 is 15.9 Å². The van der Waals surface area contributed by atoms with Crippen molar-refractivity contribution in [1.82, 2.24) is 4.98 Å². The Kier molecular flexibility index (Phi) is 4.04. The summed E-state index contributed by atoms with van der Waals surface area (Å²) in [6, 6.07) is 5.93. The van der Waals surface area contributed by atoms with Gasteiger partial charge < -0.3 is 5.11 Å². The highest BCUT2D eigenvalue weighted by molar-refractivity contribution is 9.10. The van der Waals surface area contributed by atoms with Crippen LogP contribution in [0.2, 0.25) is 0 Å². The van der Waals surface area contributed by atoms with Gasteiger partial charge in [-0.3, -0.25) is 4.98 Å². The van der Waals surface area contributed by atoms with Crippen molar-refractivity contribution < 1.29 is 13.9 Å². The van der Waals surface area contributed by atoms with Gasteiger partial charge in [-0.2, -0.15) is 0 Å². The Labute approximate surface area is 111 Å². The SMILES string of the molecule is OC(Cc1ccc(Br)cc1F)c1ccncc1F. The maximum absolute atomic E-state index is 13.6. The monoisotopic (exact) mass is 313 g/mol. The fraction of sp³-hybridized carbons (Fsp3) is 0.154. The zero-order valence-electron chi connectivity index (χ0n) is 9.28. The molecule has 0 bridgehead atoms. The zero-order valence-corrected chi connectivity index (χ0v) is 10.9. The van der Waals surface area contributed by atoms with E-state index in [1.807, 2.05) is 0 Å². The normalized spacial score (nSPS) is 12.4. The molecule has 1 aromatic carbocycles. The second-order valence-electron chi connectivity index (χ2n) is 3.85. The molecule has 1 atom stereocenters. The fourth-order valence-electron chi connectivity index (χ4n) is 1.66. The van der Waals surface area contributed by atoms with Crippen LogP contribution in [0.5, 0.6) is 0 Å². The molecule has 1 N–H and O–H groups in total. The van der Waals surface area contributed by atoms with Gasteiger partial charge in [0.05, 0.1) is 12.3 Å². The summed E-state index contributed by atoms with van der Waals surface area (Å²) in [4.78, 5) is 3.60. The first-order valence-electron chi connectivity index (χ1n) is 5.29. The molecule has 94 valence electrons. The highest BCUT2D eigenvalue weighted by Crippen LogP contribution is 2.23. The minimum absolute atomic E-state index is 0.0139. The highest BCUT2D eigenvalue weighted by Gasteiger charge is 2.15. The van der Waals surface area contributed by atoms with Crippen molar-refractivity contribution in [2.45, 2.75) is 12.5 Å². The lowest BCUT2D eigenvalue weighted by atomic mass is 10.0. The average Bonchev–Trinajstić information content (AvgIpc) is 2.33. The molecule has 2 aromatic rings. The van der Waals surface area contributed by atoms with Crippen molar-refractivity contribution in [2.75, 3.05) is 0 Å². The quantitative estimate of drug-likeness (QED) is 0.942. The van der Waals surface area contributed by atoms with E-state index < -0.39 is 17.7 Å². The minimum atomic E-state index is -1.09. The molecule has 0 saturated heterocycles. The van der Waals surface area contributed by atoms with E-state index in [2.05, 4.69) is 20.9 Å². The van der Waals surface area contributed by atoms with E-state index in [-0.39, 0.29) is 12.0 Å². The number of aliphatic hydroxyl groups is 1. The van der Waals surface area contributed by atoms with E-state index in [4.69, 9.17) is 0 Å². The Bertz CT molecular complexity index is 562. The second-order valence-corrected chi connectivity index (χ2v) is 4.77. The fourth-order valence-corrected chi connectivity index (χ4v) is 1.99. The summed E-state index contributed by atoms with van der Waals surface area (Å²) in [5.74, 6) is -1.03. The lowest BCUT2D eigenvalue weighted by Gasteiger charge is -2.12. The topological polar surface area (TPSA) is 33.1 Å². The summed E-state index contributed by atoms with van der Waals surface area (Å²) in [7, 11) is 0. The van der Waals surface area contributed by atoms with Crippen LogP contribution in [0, 0.1) is 11.6 Å². The van der Waals surface area contributed by atoms with Gasteiger partial charge in [-0.05, 0) is 23.8 Å². The van der Waals surface area contributed by atoms with Crippen LogP contribution in [0.25, 0.3) is 0 Å². The molecule has 1 heterocycles. The van der Waals surface area contributed by atoms with Crippen molar-refractivity contribution in [2.24, 2.45) is 0 Å². The van der Waals surface area contributed by atoms with Gasteiger partial charge in [0.15, 0.2) is 0 Å². The van der Waals surface area contributed by atoms with Crippen LogP contribution in [0.4, 0.5) is 8.78 Å².